The van der Waals surface area contributed by atoms with Crippen LogP contribution in [-0.2, 0) is 16.4 Å². The van der Waals surface area contributed by atoms with E-state index >= 15 is 0 Å². The van der Waals surface area contributed by atoms with Crippen LogP contribution < -0.4 is 0 Å². The lowest BCUT2D eigenvalue weighted by atomic mass is 10.2. The van der Waals surface area contributed by atoms with E-state index in [1.54, 1.807) is 0 Å². The predicted molar refractivity (Wildman–Crippen MR) is 43.0 cm³/mol. The Labute approximate surface area is 70.6 Å². The van der Waals surface area contributed by atoms with Gasteiger partial charge in [-0.2, -0.15) is 0 Å². The first-order valence-electron chi connectivity index (χ1n) is 3.28. The maximum atomic E-state index is 5.22. The SMILES string of the molecule is ClCOOCc1ccccc1. The molecule has 0 saturated carbocycles. The molecule has 2 nitrogen and oxygen atoms in total. The number of halogens is 1. The van der Waals surface area contributed by atoms with Gasteiger partial charge in [-0.1, -0.05) is 41.9 Å². The average molecular weight is 173 g/mol. The topological polar surface area (TPSA) is 18.5 Å². The lowest BCUT2D eigenvalue weighted by Gasteiger charge is -1.99. The van der Waals surface area contributed by atoms with Gasteiger partial charge in [0.2, 0.25) is 0 Å². The van der Waals surface area contributed by atoms with E-state index in [1.807, 2.05) is 30.3 Å². The second kappa shape index (κ2) is 5.13. The van der Waals surface area contributed by atoms with E-state index < -0.39 is 0 Å². The number of benzene rings is 1. The first-order chi connectivity index (χ1) is 5.43. The van der Waals surface area contributed by atoms with Crippen LogP contribution in [0.5, 0.6) is 0 Å². The fourth-order valence-electron chi connectivity index (χ4n) is 0.715. The van der Waals surface area contributed by atoms with Gasteiger partial charge in [0.1, 0.15) is 6.61 Å². The van der Waals surface area contributed by atoms with Gasteiger partial charge in [0, 0.05) is 0 Å². The molecule has 0 aromatic heterocycles. The van der Waals surface area contributed by atoms with Crippen molar-refractivity contribution in [3.8, 4) is 0 Å². The van der Waals surface area contributed by atoms with Crippen LogP contribution in [-0.4, -0.2) is 6.07 Å². The number of alkyl halides is 1. The normalized spacial score (nSPS) is 9.91. The molecule has 0 fully saturated rings. The van der Waals surface area contributed by atoms with Crippen LogP contribution in [0.1, 0.15) is 5.56 Å². The number of rotatable bonds is 4. The summed E-state index contributed by atoms with van der Waals surface area (Å²) in [5.74, 6) is 0. The highest BCUT2D eigenvalue weighted by Crippen LogP contribution is 2.00. The third-order valence-corrected chi connectivity index (χ3v) is 1.29. The van der Waals surface area contributed by atoms with Crippen molar-refractivity contribution in [2.75, 3.05) is 6.07 Å². The molecule has 0 N–H and O–H groups in total. The summed E-state index contributed by atoms with van der Waals surface area (Å²) < 4.78 is 0. The monoisotopic (exact) mass is 172 g/mol. The number of hydrogen-bond donors (Lipinski definition) is 0. The highest BCUT2D eigenvalue weighted by atomic mass is 35.5. The smallest absolute Gasteiger partial charge is 0.156 e. The van der Waals surface area contributed by atoms with Gasteiger partial charge < -0.3 is 0 Å². The lowest BCUT2D eigenvalue weighted by molar-refractivity contribution is -0.290. The third kappa shape index (κ3) is 3.37. The van der Waals surface area contributed by atoms with E-state index in [1.165, 1.54) is 0 Å². The van der Waals surface area contributed by atoms with Gasteiger partial charge >= 0.3 is 0 Å². The molecule has 0 aliphatic heterocycles. The van der Waals surface area contributed by atoms with Gasteiger partial charge in [0.15, 0.2) is 6.07 Å². The van der Waals surface area contributed by atoms with Gasteiger partial charge in [0.05, 0.1) is 0 Å². The highest BCUT2D eigenvalue weighted by molar-refractivity contribution is 6.17. The summed E-state index contributed by atoms with van der Waals surface area (Å²) in [4.78, 5) is 9.24. The van der Waals surface area contributed by atoms with Gasteiger partial charge in [-0.05, 0) is 5.56 Å². The summed E-state index contributed by atoms with van der Waals surface area (Å²) in [5, 5.41) is 0. The Bertz CT molecular complexity index is 189. The van der Waals surface area contributed by atoms with Crippen molar-refractivity contribution in [1.29, 1.82) is 0 Å². The molecule has 0 aliphatic rings. The van der Waals surface area contributed by atoms with E-state index in [2.05, 4.69) is 4.89 Å². The summed E-state index contributed by atoms with van der Waals surface area (Å²) in [6.45, 7) is 0.438. The molecule has 0 amide bonds. The van der Waals surface area contributed by atoms with Crippen molar-refractivity contribution in [2.24, 2.45) is 0 Å². The minimum absolute atomic E-state index is 0.0623. The van der Waals surface area contributed by atoms with Gasteiger partial charge in [0.25, 0.3) is 0 Å². The van der Waals surface area contributed by atoms with E-state index in [9.17, 15) is 0 Å². The second-order valence-corrected chi connectivity index (χ2v) is 2.19. The van der Waals surface area contributed by atoms with Crippen LogP contribution in [0.2, 0.25) is 0 Å². The minimum Gasteiger partial charge on any atom is -0.231 e. The van der Waals surface area contributed by atoms with Crippen molar-refractivity contribution >= 4 is 11.6 Å². The zero-order chi connectivity index (χ0) is 7.94. The van der Waals surface area contributed by atoms with Crippen molar-refractivity contribution in [3.05, 3.63) is 35.9 Å². The quantitative estimate of drug-likeness (QED) is 0.300. The Morgan fingerprint density at radius 2 is 1.82 bits per heavy atom. The molecule has 0 unspecified atom stereocenters. The molecular weight excluding hydrogens is 164 g/mol. The summed E-state index contributed by atoms with van der Waals surface area (Å²) >= 11 is 5.22. The van der Waals surface area contributed by atoms with Crippen LogP contribution in [0.25, 0.3) is 0 Å². The molecule has 3 heteroatoms. The van der Waals surface area contributed by atoms with Crippen LogP contribution in [0.15, 0.2) is 30.3 Å². The summed E-state index contributed by atoms with van der Waals surface area (Å²) in [6, 6.07) is 9.81. The zero-order valence-corrected chi connectivity index (χ0v) is 6.75. The Morgan fingerprint density at radius 1 is 1.09 bits per heavy atom. The van der Waals surface area contributed by atoms with Crippen molar-refractivity contribution < 1.29 is 9.78 Å². The Hall–Kier alpha value is -0.570. The standard InChI is InChI=1S/C8H9ClO2/c9-7-11-10-6-8-4-2-1-3-5-8/h1-5H,6-7H2. The first kappa shape index (κ1) is 8.53. The molecule has 1 aromatic rings. The molecule has 0 spiro atoms. The largest absolute Gasteiger partial charge is 0.231 e. The molecule has 0 aliphatic carbocycles. The molecule has 0 atom stereocenters. The Morgan fingerprint density at radius 3 is 2.45 bits per heavy atom. The van der Waals surface area contributed by atoms with E-state index in [-0.39, 0.29) is 6.07 Å². The van der Waals surface area contributed by atoms with Crippen LogP contribution >= 0.6 is 11.6 Å². The number of hydrogen-bond acceptors (Lipinski definition) is 2. The summed E-state index contributed by atoms with van der Waals surface area (Å²) in [7, 11) is 0. The van der Waals surface area contributed by atoms with Crippen LogP contribution in [0.4, 0.5) is 0 Å². The van der Waals surface area contributed by atoms with E-state index in [4.69, 9.17) is 16.5 Å². The molecule has 1 aromatic carbocycles. The fourth-order valence-corrected chi connectivity index (χ4v) is 0.778. The van der Waals surface area contributed by atoms with Gasteiger partial charge in [-0.25, -0.2) is 9.78 Å². The molecule has 0 heterocycles. The third-order valence-electron chi connectivity index (χ3n) is 1.20. The average Bonchev–Trinajstić information content (AvgIpc) is 2.07. The predicted octanol–water partition coefficient (Wildman–Crippen LogP) is 2.33. The Kier molecular flexibility index (Phi) is 3.98. The fraction of sp³-hybridized carbons (Fsp3) is 0.250. The van der Waals surface area contributed by atoms with E-state index in [0.29, 0.717) is 6.61 Å². The molecule has 0 saturated heterocycles. The Balaban J connectivity index is 2.28. The maximum absolute atomic E-state index is 5.22. The van der Waals surface area contributed by atoms with Gasteiger partial charge in [-0.3, -0.25) is 0 Å². The highest BCUT2D eigenvalue weighted by Gasteiger charge is 1.89. The zero-order valence-electron chi connectivity index (χ0n) is 6.00. The molecule has 60 valence electrons. The van der Waals surface area contributed by atoms with Crippen molar-refractivity contribution in [1.82, 2.24) is 0 Å². The maximum Gasteiger partial charge on any atom is 0.156 e. The lowest BCUT2D eigenvalue weighted by Crippen LogP contribution is -1.92. The molecule has 0 radical (unpaired) electrons. The molecule has 11 heavy (non-hydrogen) atoms. The van der Waals surface area contributed by atoms with Crippen molar-refractivity contribution in [2.45, 2.75) is 6.61 Å². The molecular formula is C8H9ClO2. The van der Waals surface area contributed by atoms with E-state index in [0.717, 1.165) is 5.56 Å². The summed E-state index contributed by atoms with van der Waals surface area (Å²) in [5.41, 5.74) is 1.07. The minimum atomic E-state index is 0.0623. The van der Waals surface area contributed by atoms with Crippen molar-refractivity contribution in [3.63, 3.8) is 0 Å². The molecule has 1 rings (SSSR count). The molecule has 0 bridgehead atoms. The van der Waals surface area contributed by atoms with Gasteiger partial charge in [-0.15, -0.1) is 0 Å². The second-order valence-electron chi connectivity index (χ2n) is 1.97. The first-order valence-corrected chi connectivity index (χ1v) is 3.81. The summed E-state index contributed by atoms with van der Waals surface area (Å²) in [6.07, 6.45) is 0. The van der Waals surface area contributed by atoms with Crippen LogP contribution in [0, 0.1) is 0 Å². The van der Waals surface area contributed by atoms with Crippen LogP contribution in [0.3, 0.4) is 0 Å².